The summed E-state index contributed by atoms with van der Waals surface area (Å²) in [5.74, 6) is 0.397. The number of rotatable bonds is 3. The van der Waals surface area contributed by atoms with Gasteiger partial charge >= 0.3 is 0 Å². The Bertz CT molecular complexity index is 916. The van der Waals surface area contributed by atoms with E-state index in [1.807, 2.05) is 0 Å². The third-order valence-corrected chi connectivity index (χ3v) is 6.15. The fraction of sp³-hybridized carbons (Fsp3) is 0.438. The van der Waals surface area contributed by atoms with Gasteiger partial charge in [-0.3, -0.25) is 4.79 Å². The highest BCUT2D eigenvalue weighted by Crippen LogP contribution is 2.29. The first kappa shape index (κ1) is 16.1. The van der Waals surface area contributed by atoms with Crippen LogP contribution < -0.4 is 10.0 Å². The molecule has 0 spiro atoms. The molecule has 2 heterocycles. The number of benzene rings is 1. The van der Waals surface area contributed by atoms with Gasteiger partial charge in [0.25, 0.3) is 15.9 Å². The Morgan fingerprint density at radius 2 is 2.08 bits per heavy atom. The van der Waals surface area contributed by atoms with E-state index < -0.39 is 10.0 Å². The van der Waals surface area contributed by atoms with Gasteiger partial charge in [0.15, 0.2) is 0 Å². The van der Waals surface area contributed by atoms with Crippen molar-refractivity contribution in [2.24, 2.45) is 5.92 Å². The van der Waals surface area contributed by atoms with Gasteiger partial charge in [-0.1, -0.05) is 19.3 Å². The number of anilines is 1. The van der Waals surface area contributed by atoms with E-state index in [1.54, 1.807) is 12.1 Å². The first-order chi connectivity index (χ1) is 12.0. The lowest BCUT2D eigenvalue weighted by Gasteiger charge is -2.22. The maximum absolute atomic E-state index is 12.4. The van der Waals surface area contributed by atoms with Crippen molar-refractivity contribution in [1.29, 1.82) is 0 Å². The first-order valence-electron chi connectivity index (χ1n) is 8.40. The summed E-state index contributed by atoms with van der Waals surface area (Å²) in [6.45, 7) is 0.633. The lowest BCUT2D eigenvalue weighted by atomic mass is 9.89. The molecule has 0 bridgehead atoms. The number of hydrogen-bond donors (Lipinski definition) is 2. The van der Waals surface area contributed by atoms with E-state index in [1.165, 1.54) is 36.3 Å². The molecule has 2 N–H and O–H groups in total. The molecule has 1 aliphatic heterocycles. The molecule has 1 saturated carbocycles. The van der Waals surface area contributed by atoms with Crippen molar-refractivity contribution in [3.8, 4) is 5.69 Å². The zero-order valence-corrected chi connectivity index (χ0v) is 14.4. The minimum atomic E-state index is -3.77. The summed E-state index contributed by atoms with van der Waals surface area (Å²) in [4.78, 5) is 16.3. The van der Waals surface area contributed by atoms with Crippen LogP contribution in [-0.2, 0) is 10.0 Å². The summed E-state index contributed by atoms with van der Waals surface area (Å²) in [6.07, 6.45) is 7.24. The molecule has 2 aliphatic rings. The summed E-state index contributed by atoms with van der Waals surface area (Å²) >= 11 is 0. The minimum Gasteiger partial charge on any atom is -0.352 e. The van der Waals surface area contributed by atoms with Crippen molar-refractivity contribution in [1.82, 2.24) is 20.1 Å². The summed E-state index contributed by atoms with van der Waals surface area (Å²) in [6, 6.07) is 4.58. The molecule has 0 atom stereocenters. The third-order valence-electron chi connectivity index (χ3n) is 4.79. The Morgan fingerprint density at radius 3 is 2.88 bits per heavy atom. The maximum Gasteiger partial charge on any atom is 0.266 e. The SMILES string of the molecule is O=C(NCC1CCCCC1)c1ccc2c(c1)S(=O)(=O)Nc1ncnn1-2. The van der Waals surface area contributed by atoms with Gasteiger partial charge in [-0.2, -0.15) is 14.8 Å². The monoisotopic (exact) mass is 361 g/mol. The van der Waals surface area contributed by atoms with Crippen molar-refractivity contribution in [3.63, 3.8) is 0 Å². The van der Waals surface area contributed by atoms with E-state index in [-0.39, 0.29) is 16.8 Å². The lowest BCUT2D eigenvalue weighted by Crippen LogP contribution is -2.31. The molecule has 132 valence electrons. The summed E-state index contributed by atoms with van der Waals surface area (Å²) in [5, 5.41) is 6.94. The average molecular weight is 361 g/mol. The van der Waals surface area contributed by atoms with Crippen LogP contribution in [0.3, 0.4) is 0 Å². The molecular formula is C16H19N5O3S. The number of fused-ring (bicyclic) bond motifs is 3. The van der Waals surface area contributed by atoms with Crippen LogP contribution >= 0.6 is 0 Å². The fourth-order valence-corrected chi connectivity index (χ4v) is 4.64. The van der Waals surface area contributed by atoms with Crippen LogP contribution in [0.25, 0.3) is 5.69 Å². The molecule has 1 aromatic heterocycles. The Hall–Kier alpha value is -2.42. The van der Waals surface area contributed by atoms with Crippen LogP contribution in [0.2, 0.25) is 0 Å². The quantitative estimate of drug-likeness (QED) is 0.865. The van der Waals surface area contributed by atoms with Crippen LogP contribution in [0.1, 0.15) is 42.5 Å². The lowest BCUT2D eigenvalue weighted by molar-refractivity contribution is 0.0943. The zero-order chi connectivity index (χ0) is 17.4. The Kier molecular flexibility index (Phi) is 3.95. The molecule has 1 aliphatic carbocycles. The van der Waals surface area contributed by atoms with Gasteiger partial charge in [0.1, 0.15) is 11.2 Å². The van der Waals surface area contributed by atoms with E-state index in [9.17, 15) is 13.2 Å². The summed E-state index contributed by atoms with van der Waals surface area (Å²) in [5.41, 5.74) is 0.707. The summed E-state index contributed by atoms with van der Waals surface area (Å²) < 4.78 is 28.5. The highest BCUT2D eigenvalue weighted by molar-refractivity contribution is 7.93. The van der Waals surface area contributed by atoms with Crippen LogP contribution in [0.5, 0.6) is 0 Å². The number of sulfonamides is 1. The zero-order valence-electron chi connectivity index (χ0n) is 13.6. The van der Waals surface area contributed by atoms with Crippen molar-refractivity contribution in [2.45, 2.75) is 37.0 Å². The van der Waals surface area contributed by atoms with Gasteiger partial charge in [0, 0.05) is 12.1 Å². The fourth-order valence-electron chi connectivity index (χ4n) is 3.44. The van der Waals surface area contributed by atoms with E-state index in [0.29, 0.717) is 23.7 Å². The number of amides is 1. The standard InChI is InChI=1S/C16H19N5O3S/c22-15(17-9-11-4-2-1-3-5-11)12-6-7-13-14(8-12)25(23,24)20-16-18-10-19-21(13)16/h6-8,10-11H,1-5,9H2,(H,17,22)(H,18,19,20). The predicted octanol–water partition coefficient (Wildman–Crippen LogP) is 1.69. The molecule has 0 saturated heterocycles. The van der Waals surface area contributed by atoms with Gasteiger partial charge in [-0.05, 0) is 37.0 Å². The van der Waals surface area contributed by atoms with Crippen molar-refractivity contribution < 1.29 is 13.2 Å². The Labute approximate surface area is 145 Å². The van der Waals surface area contributed by atoms with Crippen LogP contribution in [0.15, 0.2) is 29.4 Å². The molecule has 8 nitrogen and oxygen atoms in total. The number of aromatic nitrogens is 3. The number of carbonyl (C=O) groups is 1. The highest BCUT2D eigenvalue weighted by atomic mass is 32.2. The van der Waals surface area contributed by atoms with Crippen LogP contribution in [0.4, 0.5) is 5.95 Å². The molecule has 1 aromatic carbocycles. The average Bonchev–Trinajstić information content (AvgIpc) is 3.07. The molecular weight excluding hydrogens is 342 g/mol. The van der Waals surface area contributed by atoms with Crippen molar-refractivity contribution in [2.75, 3.05) is 11.3 Å². The van der Waals surface area contributed by atoms with Gasteiger partial charge in [-0.15, -0.1) is 0 Å². The molecule has 2 aromatic rings. The second-order valence-corrected chi connectivity index (χ2v) is 8.15. The second kappa shape index (κ2) is 6.14. The molecule has 9 heteroatoms. The molecule has 1 fully saturated rings. The topological polar surface area (TPSA) is 106 Å². The van der Waals surface area contributed by atoms with Gasteiger partial charge < -0.3 is 5.32 Å². The molecule has 25 heavy (non-hydrogen) atoms. The maximum atomic E-state index is 12.4. The largest absolute Gasteiger partial charge is 0.352 e. The number of hydrogen-bond acceptors (Lipinski definition) is 5. The van der Waals surface area contributed by atoms with Gasteiger partial charge in [0.2, 0.25) is 5.95 Å². The minimum absolute atomic E-state index is 0.0239. The van der Waals surface area contributed by atoms with E-state index in [4.69, 9.17) is 0 Å². The second-order valence-electron chi connectivity index (χ2n) is 6.50. The van der Waals surface area contributed by atoms with E-state index in [2.05, 4.69) is 20.1 Å². The summed E-state index contributed by atoms with van der Waals surface area (Å²) in [7, 11) is -3.77. The van der Waals surface area contributed by atoms with E-state index in [0.717, 1.165) is 12.8 Å². The predicted molar refractivity (Wildman–Crippen MR) is 91.1 cm³/mol. The Balaban J connectivity index is 1.57. The Morgan fingerprint density at radius 1 is 1.28 bits per heavy atom. The van der Waals surface area contributed by atoms with Gasteiger partial charge in [0.05, 0.1) is 5.69 Å². The smallest absolute Gasteiger partial charge is 0.266 e. The van der Waals surface area contributed by atoms with Crippen molar-refractivity contribution in [3.05, 3.63) is 30.1 Å². The number of nitrogens with one attached hydrogen (secondary N) is 2. The van der Waals surface area contributed by atoms with Crippen molar-refractivity contribution >= 4 is 21.9 Å². The molecule has 1 amide bonds. The molecule has 0 radical (unpaired) electrons. The van der Waals surface area contributed by atoms with Gasteiger partial charge in [-0.25, -0.2) is 13.1 Å². The van der Waals surface area contributed by atoms with Crippen LogP contribution in [-0.4, -0.2) is 35.6 Å². The normalized spacial score (nSPS) is 18.7. The highest BCUT2D eigenvalue weighted by Gasteiger charge is 2.30. The molecule has 0 unspecified atom stereocenters. The van der Waals surface area contributed by atoms with Crippen LogP contribution in [0, 0.1) is 5.92 Å². The number of carbonyl (C=O) groups excluding carboxylic acids is 1. The first-order valence-corrected chi connectivity index (χ1v) is 9.88. The van der Waals surface area contributed by atoms with E-state index >= 15 is 0 Å². The third kappa shape index (κ3) is 2.99. The molecule has 4 rings (SSSR count). The number of nitrogens with zero attached hydrogens (tertiary/aromatic N) is 3.